The lowest BCUT2D eigenvalue weighted by Crippen LogP contribution is -2.53. The summed E-state index contributed by atoms with van der Waals surface area (Å²) in [7, 11) is 0. The van der Waals surface area contributed by atoms with E-state index in [0.29, 0.717) is 6.04 Å². The van der Waals surface area contributed by atoms with E-state index in [1.165, 1.54) is 12.8 Å². The minimum atomic E-state index is -0.000972. The van der Waals surface area contributed by atoms with Crippen molar-refractivity contribution in [2.45, 2.75) is 58.1 Å². The molecule has 1 unspecified atom stereocenters. The molecule has 0 aromatic rings. The Hall–Kier alpha value is -0.340. The number of likely N-dealkylation sites (N-methyl/N-ethyl adjacent to an activating group) is 1. The number of hydrogen-bond acceptors (Lipinski definition) is 2. The van der Waals surface area contributed by atoms with Gasteiger partial charge < -0.3 is 10.1 Å². The average Bonchev–Trinajstić information content (AvgIpc) is 2.30. The zero-order valence-electron chi connectivity index (χ0n) is 11.1. The maximum Gasteiger partial charge on any atom is 0.0870 e. The summed E-state index contributed by atoms with van der Waals surface area (Å²) in [5.74, 6) is 0.848. The summed E-state index contributed by atoms with van der Waals surface area (Å²) in [6.07, 6.45) is 6.89. The summed E-state index contributed by atoms with van der Waals surface area (Å²) in [4.78, 5) is 0. The minimum absolute atomic E-state index is 0.000972. The summed E-state index contributed by atoms with van der Waals surface area (Å²) in [5, 5.41) is 3.50. The van der Waals surface area contributed by atoms with Crippen LogP contribution in [0.1, 0.15) is 46.5 Å². The van der Waals surface area contributed by atoms with Gasteiger partial charge in [0.1, 0.15) is 0 Å². The van der Waals surface area contributed by atoms with Gasteiger partial charge in [0.15, 0.2) is 0 Å². The molecule has 16 heavy (non-hydrogen) atoms. The summed E-state index contributed by atoms with van der Waals surface area (Å²) in [6.45, 7) is 12.3. The Labute approximate surface area is 100 Å². The van der Waals surface area contributed by atoms with Crippen LogP contribution >= 0.6 is 0 Å². The fourth-order valence-electron chi connectivity index (χ4n) is 2.79. The number of nitrogens with one attached hydrogen (secondary N) is 1. The third kappa shape index (κ3) is 3.08. The molecule has 94 valence electrons. The van der Waals surface area contributed by atoms with Crippen molar-refractivity contribution in [3.8, 4) is 0 Å². The zero-order valence-corrected chi connectivity index (χ0v) is 11.1. The van der Waals surface area contributed by atoms with E-state index in [1.54, 1.807) is 0 Å². The molecule has 0 saturated heterocycles. The fraction of sp³-hybridized carbons (Fsp3) is 0.857. The number of hydrogen-bond donors (Lipinski definition) is 1. The fourth-order valence-corrected chi connectivity index (χ4v) is 2.79. The normalized spacial score (nSPS) is 32.3. The highest BCUT2D eigenvalue weighted by Crippen LogP contribution is 2.37. The molecule has 1 atom stereocenters. The second kappa shape index (κ2) is 6.41. The van der Waals surface area contributed by atoms with E-state index in [1.807, 2.05) is 6.08 Å². The predicted molar refractivity (Wildman–Crippen MR) is 69.7 cm³/mol. The van der Waals surface area contributed by atoms with Gasteiger partial charge in [0, 0.05) is 6.61 Å². The highest BCUT2D eigenvalue weighted by Gasteiger charge is 2.40. The van der Waals surface area contributed by atoms with Crippen molar-refractivity contribution in [3.63, 3.8) is 0 Å². The van der Waals surface area contributed by atoms with Crippen molar-refractivity contribution < 1.29 is 4.74 Å². The second-order valence-electron chi connectivity index (χ2n) is 4.95. The topological polar surface area (TPSA) is 21.3 Å². The van der Waals surface area contributed by atoms with Crippen LogP contribution < -0.4 is 5.32 Å². The van der Waals surface area contributed by atoms with Crippen LogP contribution in [0.25, 0.3) is 0 Å². The zero-order chi connectivity index (χ0) is 12.0. The van der Waals surface area contributed by atoms with Crippen LogP contribution in [0.15, 0.2) is 12.7 Å². The van der Waals surface area contributed by atoms with Crippen molar-refractivity contribution in [2.24, 2.45) is 5.92 Å². The molecule has 0 amide bonds. The van der Waals surface area contributed by atoms with Crippen LogP contribution in [-0.2, 0) is 4.74 Å². The lowest BCUT2D eigenvalue weighted by molar-refractivity contribution is -0.0859. The molecule has 0 aromatic carbocycles. The molecule has 2 heteroatoms. The summed E-state index contributed by atoms with van der Waals surface area (Å²) in [5.41, 5.74) is -0.000972. The van der Waals surface area contributed by atoms with E-state index in [0.717, 1.165) is 31.9 Å². The van der Waals surface area contributed by atoms with Crippen LogP contribution in [0, 0.1) is 5.92 Å². The monoisotopic (exact) mass is 225 g/mol. The minimum Gasteiger partial charge on any atom is -0.373 e. The second-order valence-corrected chi connectivity index (χ2v) is 4.95. The van der Waals surface area contributed by atoms with Crippen molar-refractivity contribution in [1.82, 2.24) is 5.32 Å². The van der Waals surface area contributed by atoms with E-state index in [4.69, 9.17) is 4.74 Å². The Bertz CT molecular complexity index is 207. The first kappa shape index (κ1) is 13.7. The quantitative estimate of drug-likeness (QED) is 0.701. The number of rotatable bonds is 6. The molecule has 2 nitrogen and oxygen atoms in total. The van der Waals surface area contributed by atoms with Gasteiger partial charge in [-0.25, -0.2) is 0 Å². The molecule has 0 spiro atoms. The lowest BCUT2D eigenvalue weighted by atomic mass is 9.75. The molecule has 0 aromatic heterocycles. The van der Waals surface area contributed by atoms with Crippen molar-refractivity contribution >= 4 is 0 Å². The number of ether oxygens (including phenoxy) is 1. The maximum atomic E-state index is 6.09. The largest absolute Gasteiger partial charge is 0.373 e. The van der Waals surface area contributed by atoms with Gasteiger partial charge in [0.2, 0.25) is 0 Å². The maximum absolute atomic E-state index is 6.09. The third-order valence-corrected chi connectivity index (χ3v) is 3.78. The van der Waals surface area contributed by atoms with Gasteiger partial charge in [-0.1, -0.05) is 19.9 Å². The van der Waals surface area contributed by atoms with Gasteiger partial charge in [0.05, 0.1) is 11.6 Å². The molecule has 0 heterocycles. The summed E-state index contributed by atoms with van der Waals surface area (Å²) < 4.78 is 6.09. The molecule has 1 saturated carbocycles. The first-order valence-corrected chi connectivity index (χ1v) is 6.68. The molecule has 1 N–H and O–H groups in total. The Morgan fingerprint density at radius 2 is 2.06 bits per heavy atom. The van der Waals surface area contributed by atoms with Gasteiger partial charge in [-0.3, -0.25) is 0 Å². The predicted octanol–water partition coefficient (Wildman–Crippen LogP) is 3.14. The molecule has 1 fully saturated rings. The molecule has 1 rings (SSSR count). The molecule has 1 aliphatic rings. The Balaban J connectivity index is 2.73. The molecule has 1 aliphatic carbocycles. The Morgan fingerprint density at radius 3 is 2.50 bits per heavy atom. The summed E-state index contributed by atoms with van der Waals surface area (Å²) >= 11 is 0. The Morgan fingerprint density at radius 1 is 1.44 bits per heavy atom. The van der Waals surface area contributed by atoms with E-state index >= 15 is 0 Å². The van der Waals surface area contributed by atoms with Gasteiger partial charge in [-0.05, 0) is 45.1 Å². The average molecular weight is 225 g/mol. The highest BCUT2D eigenvalue weighted by molar-refractivity contribution is 5.04. The van der Waals surface area contributed by atoms with E-state index in [-0.39, 0.29) is 5.60 Å². The van der Waals surface area contributed by atoms with Crippen molar-refractivity contribution in [1.29, 1.82) is 0 Å². The van der Waals surface area contributed by atoms with Crippen LogP contribution in [0.2, 0.25) is 0 Å². The molecule has 0 bridgehead atoms. The van der Waals surface area contributed by atoms with Crippen LogP contribution in [0.5, 0.6) is 0 Å². The Kier molecular flexibility index (Phi) is 5.50. The van der Waals surface area contributed by atoms with Crippen LogP contribution in [-0.4, -0.2) is 24.8 Å². The standard InChI is InChI=1S/C14H27NO/c1-5-13(15-6-2)14(16-7-3)10-8-12(4)9-11-14/h5,12-13,15H,1,6-11H2,2-4H3. The molecular formula is C14H27NO. The van der Waals surface area contributed by atoms with E-state index in [2.05, 4.69) is 32.7 Å². The smallest absolute Gasteiger partial charge is 0.0870 e. The molecule has 0 radical (unpaired) electrons. The van der Waals surface area contributed by atoms with Gasteiger partial charge in [-0.15, -0.1) is 6.58 Å². The third-order valence-electron chi connectivity index (χ3n) is 3.78. The van der Waals surface area contributed by atoms with E-state index < -0.39 is 0 Å². The van der Waals surface area contributed by atoms with E-state index in [9.17, 15) is 0 Å². The highest BCUT2D eigenvalue weighted by atomic mass is 16.5. The molecule has 0 aliphatic heterocycles. The molecular weight excluding hydrogens is 198 g/mol. The SMILES string of the molecule is C=CC(NCC)C1(OCC)CCC(C)CC1. The first-order chi connectivity index (χ1) is 7.68. The van der Waals surface area contributed by atoms with Gasteiger partial charge >= 0.3 is 0 Å². The van der Waals surface area contributed by atoms with Crippen LogP contribution in [0.3, 0.4) is 0 Å². The van der Waals surface area contributed by atoms with Crippen molar-refractivity contribution in [3.05, 3.63) is 12.7 Å². The van der Waals surface area contributed by atoms with Gasteiger partial charge in [-0.2, -0.15) is 0 Å². The summed E-state index contributed by atoms with van der Waals surface area (Å²) in [6, 6.07) is 0.296. The van der Waals surface area contributed by atoms with Gasteiger partial charge in [0.25, 0.3) is 0 Å². The first-order valence-electron chi connectivity index (χ1n) is 6.68. The lowest BCUT2D eigenvalue weighted by Gasteiger charge is -2.44. The van der Waals surface area contributed by atoms with Crippen LogP contribution in [0.4, 0.5) is 0 Å². The van der Waals surface area contributed by atoms with Crippen molar-refractivity contribution in [2.75, 3.05) is 13.2 Å².